The van der Waals surface area contributed by atoms with Crippen LogP contribution >= 0.6 is 0 Å². The van der Waals surface area contributed by atoms with E-state index in [1.165, 1.54) is 16.9 Å². The molecule has 1 heterocycles. The number of nitrogens with two attached hydrogens (primary N) is 1. The largest absolute Gasteiger partial charge is 0.419 e. The molecule has 1 atom stereocenters. The highest BCUT2D eigenvalue weighted by Gasteiger charge is 2.35. The van der Waals surface area contributed by atoms with Gasteiger partial charge in [0.25, 0.3) is 0 Å². The van der Waals surface area contributed by atoms with Crippen LogP contribution in [-0.4, -0.2) is 9.78 Å². The zero-order valence-electron chi connectivity index (χ0n) is 10.4. The van der Waals surface area contributed by atoms with Crippen molar-refractivity contribution in [2.45, 2.75) is 12.2 Å². The van der Waals surface area contributed by atoms with Crippen molar-refractivity contribution in [1.29, 1.82) is 0 Å². The summed E-state index contributed by atoms with van der Waals surface area (Å²) in [5.74, 6) is 4.00. The monoisotopic (exact) mass is 288 g/mol. The van der Waals surface area contributed by atoms with E-state index in [-0.39, 0.29) is 5.56 Å². The van der Waals surface area contributed by atoms with Crippen molar-refractivity contribution in [2.75, 3.05) is 0 Å². The molecule has 0 saturated heterocycles. The lowest BCUT2D eigenvalue weighted by Crippen LogP contribution is -2.30. The summed E-state index contributed by atoms with van der Waals surface area (Å²) in [5.41, 5.74) is 1.27. The third-order valence-corrected chi connectivity index (χ3v) is 2.87. The highest BCUT2D eigenvalue weighted by Crippen LogP contribution is 2.34. The summed E-state index contributed by atoms with van der Waals surface area (Å²) in [7, 11) is 1.64. The van der Waals surface area contributed by atoms with E-state index in [9.17, 15) is 17.6 Å². The Balaban J connectivity index is 2.51. The molecule has 8 heteroatoms. The van der Waals surface area contributed by atoms with Gasteiger partial charge in [0.1, 0.15) is 5.82 Å². The molecule has 1 unspecified atom stereocenters. The van der Waals surface area contributed by atoms with E-state index in [1.54, 1.807) is 13.2 Å². The van der Waals surface area contributed by atoms with Crippen LogP contribution in [0, 0.1) is 5.82 Å². The number of aromatic nitrogens is 2. The number of halogens is 4. The smallest absolute Gasteiger partial charge is 0.275 e. The summed E-state index contributed by atoms with van der Waals surface area (Å²) in [6.07, 6.45) is -1.80. The summed E-state index contributed by atoms with van der Waals surface area (Å²) < 4.78 is 53.6. The highest BCUT2D eigenvalue weighted by molar-refractivity contribution is 5.35. The van der Waals surface area contributed by atoms with Crippen LogP contribution in [-0.2, 0) is 13.2 Å². The Bertz CT molecular complexity index is 606. The number of rotatable bonds is 3. The number of hydrazine groups is 1. The van der Waals surface area contributed by atoms with Crippen molar-refractivity contribution < 1.29 is 17.6 Å². The van der Waals surface area contributed by atoms with E-state index in [0.717, 1.165) is 6.07 Å². The summed E-state index contributed by atoms with van der Waals surface area (Å²) in [4.78, 5) is 0. The van der Waals surface area contributed by atoms with Crippen LogP contribution < -0.4 is 11.3 Å². The third-order valence-electron chi connectivity index (χ3n) is 2.87. The number of hydrogen-bond acceptors (Lipinski definition) is 3. The second-order valence-corrected chi connectivity index (χ2v) is 4.25. The lowest BCUT2D eigenvalue weighted by atomic mass is 9.99. The molecule has 2 rings (SSSR count). The van der Waals surface area contributed by atoms with E-state index >= 15 is 0 Å². The van der Waals surface area contributed by atoms with Gasteiger partial charge >= 0.3 is 6.18 Å². The number of aryl methyl sites for hydroxylation is 1. The number of benzene rings is 1. The SMILES string of the molecule is Cn1cc(C(NN)c2cccc(C(F)(F)F)c2F)cn1. The standard InChI is InChI=1S/C12H12F4N4/c1-20-6-7(5-18-20)11(19-17)8-3-2-4-9(10(8)13)12(14,15)16/h2-6,11,19H,17H2,1H3. The maximum atomic E-state index is 14.1. The molecule has 0 aliphatic heterocycles. The molecule has 0 fully saturated rings. The van der Waals surface area contributed by atoms with Crippen molar-refractivity contribution in [2.24, 2.45) is 12.9 Å². The van der Waals surface area contributed by atoms with Crippen LogP contribution in [0.5, 0.6) is 0 Å². The first-order chi connectivity index (χ1) is 9.34. The summed E-state index contributed by atoms with van der Waals surface area (Å²) in [6.45, 7) is 0. The molecule has 108 valence electrons. The zero-order valence-corrected chi connectivity index (χ0v) is 10.4. The predicted octanol–water partition coefficient (Wildman–Crippen LogP) is 2.13. The predicted molar refractivity (Wildman–Crippen MR) is 63.8 cm³/mol. The van der Waals surface area contributed by atoms with Crippen LogP contribution in [0.15, 0.2) is 30.6 Å². The van der Waals surface area contributed by atoms with Gasteiger partial charge in [-0.15, -0.1) is 0 Å². The lowest BCUT2D eigenvalue weighted by molar-refractivity contribution is -0.140. The van der Waals surface area contributed by atoms with Crippen molar-refractivity contribution >= 4 is 0 Å². The molecule has 0 aliphatic rings. The Morgan fingerprint density at radius 1 is 1.35 bits per heavy atom. The maximum absolute atomic E-state index is 14.1. The molecule has 4 nitrogen and oxygen atoms in total. The van der Waals surface area contributed by atoms with E-state index in [2.05, 4.69) is 10.5 Å². The molecule has 0 aliphatic carbocycles. The highest BCUT2D eigenvalue weighted by atomic mass is 19.4. The Labute approximate surface area is 112 Å². The number of hydrogen-bond donors (Lipinski definition) is 2. The molecule has 0 bridgehead atoms. The second kappa shape index (κ2) is 5.22. The van der Waals surface area contributed by atoms with Crippen LogP contribution in [0.4, 0.5) is 17.6 Å². The molecular formula is C12H12F4N4. The molecule has 2 aromatic rings. The average Bonchev–Trinajstić information content (AvgIpc) is 2.77. The molecular weight excluding hydrogens is 276 g/mol. The summed E-state index contributed by atoms with van der Waals surface area (Å²) in [6, 6.07) is 2.17. The quantitative estimate of drug-likeness (QED) is 0.517. The summed E-state index contributed by atoms with van der Waals surface area (Å²) in [5, 5.41) is 3.89. The molecule has 0 saturated carbocycles. The van der Waals surface area contributed by atoms with Crippen molar-refractivity contribution in [3.05, 3.63) is 53.1 Å². The Morgan fingerprint density at radius 3 is 2.55 bits per heavy atom. The topological polar surface area (TPSA) is 55.9 Å². The van der Waals surface area contributed by atoms with Crippen LogP contribution in [0.25, 0.3) is 0 Å². The minimum atomic E-state index is -4.76. The van der Waals surface area contributed by atoms with Gasteiger partial charge in [0.2, 0.25) is 0 Å². The molecule has 0 spiro atoms. The van der Waals surface area contributed by atoms with Crippen LogP contribution in [0.3, 0.4) is 0 Å². The fourth-order valence-electron chi connectivity index (χ4n) is 1.95. The van der Waals surface area contributed by atoms with E-state index in [4.69, 9.17) is 5.84 Å². The Kier molecular flexibility index (Phi) is 3.78. The van der Waals surface area contributed by atoms with E-state index < -0.39 is 23.6 Å². The molecule has 3 N–H and O–H groups in total. The molecule has 0 radical (unpaired) electrons. The molecule has 0 amide bonds. The average molecular weight is 288 g/mol. The fraction of sp³-hybridized carbons (Fsp3) is 0.250. The van der Waals surface area contributed by atoms with Crippen molar-refractivity contribution in [1.82, 2.24) is 15.2 Å². The molecule has 1 aromatic carbocycles. The first-order valence-corrected chi connectivity index (χ1v) is 5.65. The Morgan fingerprint density at radius 2 is 2.05 bits per heavy atom. The van der Waals surface area contributed by atoms with Crippen LogP contribution in [0.2, 0.25) is 0 Å². The summed E-state index contributed by atoms with van der Waals surface area (Å²) >= 11 is 0. The minimum Gasteiger partial charge on any atom is -0.275 e. The van der Waals surface area contributed by atoms with E-state index in [0.29, 0.717) is 11.6 Å². The van der Waals surface area contributed by atoms with Gasteiger partial charge in [0, 0.05) is 24.4 Å². The zero-order chi connectivity index (χ0) is 14.9. The molecule has 20 heavy (non-hydrogen) atoms. The van der Waals surface area contributed by atoms with E-state index in [1.807, 2.05) is 0 Å². The van der Waals surface area contributed by atoms with Gasteiger partial charge in [-0.25, -0.2) is 9.82 Å². The van der Waals surface area contributed by atoms with Gasteiger partial charge in [-0.2, -0.15) is 18.3 Å². The molecule has 1 aromatic heterocycles. The Hall–Kier alpha value is -1.93. The van der Waals surface area contributed by atoms with Gasteiger partial charge in [-0.05, 0) is 6.07 Å². The van der Waals surface area contributed by atoms with Crippen molar-refractivity contribution in [3.63, 3.8) is 0 Å². The minimum absolute atomic E-state index is 0.185. The van der Waals surface area contributed by atoms with Gasteiger partial charge in [0.15, 0.2) is 0 Å². The van der Waals surface area contributed by atoms with Crippen LogP contribution in [0.1, 0.15) is 22.7 Å². The number of nitrogens with one attached hydrogen (secondary N) is 1. The van der Waals surface area contributed by atoms with Gasteiger partial charge in [-0.3, -0.25) is 10.5 Å². The second-order valence-electron chi connectivity index (χ2n) is 4.25. The number of alkyl halides is 3. The van der Waals surface area contributed by atoms with Gasteiger partial charge < -0.3 is 0 Å². The lowest BCUT2D eigenvalue weighted by Gasteiger charge is -2.18. The number of nitrogens with zero attached hydrogens (tertiary/aromatic N) is 2. The maximum Gasteiger partial charge on any atom is 0.419 e. The van der Waals surface area contributed by atoms with Gasteiger partial charge in [-0.1, -0.05) is 12.1 Å². The first-order valence-electron chi connectivity index (χ1n) is 5.65. The first kappa shape index (κ1) is 14.5. The third kappa shape index (κ3) is 2.66. The fourth-order valence-corrected chi connectivity index (χ4v) is 1.95. The van der Waals surface area contributed by atoms with Gasteiger partial charge in [0.05, 0.1) is 17.8 Å². The van der Waals surface area contributed by atoms with Crippen molar-refractivity contribution in [3.8, 4) is 0 Å². The normalized spacial score (nSPS) is 13.5.